The fourth-order valence-electron chi connectivity index (χ4n) is 10.7. The van der Waals surface area contributed by atoms with Crippen molar-refractivity contribution < 1.29 is 38.8 Å². The lowest BCUT2D eigenvalue weighted by atomic mass is 9.77. The van der Waals surface area contributed by atoms with E-state index in [2.05, 4.69) is 268 Å². The van der Waals surface area contributed by atoms with E-state index in [9.17, 15) is 0 Å². The van der Waals surface area contributed by atoms with Gasteiger partial charge < -0.3 is 25.2 Å². The molecule has 0 aliphatic heterocycles. The first-order valence-electron chi connectivity index (χ1n) is 31.2. The summed E-state index contributed by atoms with van der Waals surface area (Å²) in [6.07, 6.45) is 0. The van der Waals surface area contributed by atoms with Crippen LogP contribution < -0.4 is 13.6 Å². The third kappa shape index (κ3) is 15.4. The summed E-state index contributed by atoms with van der Waals surface area (Å²) in [5, 5.41) is 6.05. The first-order valence-corrected chi connectivity index (χ1v) is 34.5. The summed E-state index contributed by atoms with van der Waals surface area (Å²) in [6, 6.07) is 35.2. The Hall–Kier alpha value is -5.14. The molecule has 0 saturated heterocycles. The van der Waals surface area contributed by atoms with E-state index in [1.165, 1.54) is 33.4 Å². The zero-order valence-corrected chi connectivity index (χ0v) is 59.6. The van der Waals surface area contributed by atoms with Crippen molar-refractivity contribution in [1.29, 1.82) is 0 Å². The predicted octanol–water partition coefficient (Wildman–Crippen LogP) is 22.9. The van der Waals surface area contributed by atoms with Crippen molar-refractivity contribution in [2.45, 2.75) is 209 Å². The summed E-state index contributed by atoms with van der Waals surface area (Å²) in [5.41, 5.74) is 13.1. The van der Waals surface area contributed by atoms with Crippen LogP contribution in [0, 0.1) is 0 Å². The largest absolute Gasteiger partial charge is 0.399 e. The van der Waals surface area contributed by atoms with Crippen molar-refractivity contribution >= 4 is 90.5 Å². The van der Waals surface area contributed by atoms with E-state index in [-0.39, 0.29) is 49.9 Å². The fourth-order valence-corrected chi connectivity index (χ4v) is 13.8. The molecule has 0 atom stereocenters. The van der Waals surface area contributed by atoms with Crippen LogP contribution in [0.2, 0.25) is 0 Å². The molecule has 13 heteroatoms. The van der Waals surface area contributed by atoms with Crippen LogP contribution in [0.5, 0.6) is 0 Å². The molecule has 0 amide bonds. The molecule has 0 fully saturated rings. The molecule has 0 N–H and O–H groups in total. The van der Waals surface area contributed by atoms with Crippen LogP contribution in [0.1, 0.15) is 211 Å². The van der Waals surface area contributed by atoms with Crippen LogP contribution in [-0.2, 0) is 43.3 Å². The molecule has 0 aliphatic rings. The molecule has 9 rings (SSSR count). The van der Waals surface area contributed by atoms with Gasteiger partial charge in [0.1, 0.15) is 33.5 Å². The molecule has 3 aromatic heterocycles. The van der Waals surface area contributed by atoms with Crippen LogP contribution in [0.4, 0.5) is 0 Å². The molecule has 0 spiro atoms. The zero-order valence-electron chi connectivity index (χ0n) is 56.9. The highest BCUT2D eigenvalue weighted by molar-refractivity contribution is 7.32. The standard InChI is InChI=1S/C74H100NO9P3/c1-67(2,3)47-25-29-61-53(39-47)54-40-48(68(4,5)6)26-30-62(54)80-85(79-61)76-36-33-75(34-37-77-86-81-63-31-27-49(69(7,8)9)41-55(63)56-42-50(70(10,11)12)28-32-64(56)82-86)35-38-78-87-83-65-57(43-51(71(13,14)15)45-59(65)73(19,20)21)58-44-52(72(16,17)18)46-60(66(58)84-87)74(22,23)24/h25-32,39-46H,33-38H2,1-24H3. The van der Waals surface area contributed by atoms with Crippen molar-refractivity contribution in [2.75, 3.05) is 39.5 Å². The first-order chi connectivity index (χ1) is 40.1. The molecule has 9 aromatic rings. The predicted molar refractivity (Wildman–Crippen MR) is 369 cm³/mol. The SMILES string of the molecule is CC(C)(C)c1ccc2op(OCCN(CCOp3oc4ccc(C(C)(C)C)cc4c4cc(C(C)(C)C)ccc4o3)CCOp3oc4c(C(C)(C)C)cc(C(C)(C)C)cc4c4cc(C(C)(C)C)cc(C(C)(C)C)c4o3)oc3ccc(C(C)(C)C)cc3c2c1. The summed E-state index contributed by atoms with van der Waals surface area (Å²) in [6.45, 7) is 56.4. The molecule has 0 bridgehead atoms. The third-order valence-corrected chi connectivity index (χ3v) is 19.8. The number of hydrogen-bond donors (Lipinski definition) is 0. The molecular formula is C74H100NO9P3. The summed E-state index contributed by atoms with van der Waals surface area (Å²) < 4.78 is 61.7. The molecule has 470 valence electrons. The summed E-state index contributed by atoms with van der Waals surface area (Å²) in [7, 11) is -5.67. The zero-order chi connectivity index (χ0) is 63.8. The van der Waals surface area contributed by atoms with Crippen LogP contribution in [0.3, 0.4) is 0 Å². The van der Waals surface area contributed by atoms with E-state index in [4.69, 9.17) is 38.8 Å². The highest BCUT2D eigenvalue weighted by Gasteiger charge is 2.30. The van der Waals surface area contributed by atoms with Crippen molar-refractivity contribution in [2.24, 2.45) is 0 Å². The number of benzene rings is 6. The highest BCUT2D eigenvalue weighted by Crippen LogP contribution is 2.46. The molecule has 0 aliphatic carbocycles. The number of rotatable bonds is 12. The second kappa shape index (κ2) is 24.2. The van der Waals surface area contributed by atoms with Crippen LogP contribution in [-0.4, -0.2) is 44.4 Å². The average molecular weight is 1240 g/mol. The topological polar surface area (TPSA) is 110 Å². The van der Waals surface area contributed by atoms with Gasteiger partial charge in [0, 0.05) is 63.1 Å². The number of nitrogens with zero attached hydrogens (tertiary/aromatic N) is 1. The average Bonchev–Trinajstić information content (AvgIpc) is 1.77. The maximum absolute atomic E-state index is 7.19. The van der Waals surface area contributed by atoms with Crippen molar-refractivity contribution in [1.82, 2.24) is 4.90 Å². The number of hydrogen-bond acceptors (Lipinski definition) is 10. The Morgan fingerprint density at radius 3 is 0.736 bits per heavy atom. The van der Waals surface area contributed by atoms with Crippen LogP contribution in [0.15, 0.2) is 122 Å². The van der Waals surface area contributed by atoms with Gasteiger partial charge in [0.05, 0.1) is 19.8 Å². The van der Waals surface area contributed by atoms with E-state index < -0.39 is 24.7 Å². The van der Waals surface area contributed by atoms with Crippen molar-refractivity contribution in [3.63, 3.8) is 0 Å². The molecule has 0 unspecified atom stereocenters. The molecule has 6 aromatic carbocycles. The first kappa shape index (κ1) is 66.3. The summed E-state index contributed by atoms with van der Waals surface area (Å²) in [5.74, 6) is 0. The lowest BCUT2D eigenvalue weighted by molar-refractivity contribution is 0.183. The lowest BCUT2D eigenvalue weighted by Crippen LogP contribution is -2.35. The van der Waals surface area contributed by atoms with Gasteiger partial charge in [-0.1, -0.05) is 203 Å². The Labute approximate surface area is 522 Å². The Balaban J connectivity index is 1.11. The van der Waals surface area contributed by atoms with E-state index in [0.29, 0.717) is 32.8 Å². The maximum Gasteiger partial charge on any atom is 0.387 e. The van der Waals surface area contributed by atoms with Crippen molar-refractivity contribution in [3.05, 3.63) is 142 Å². The molecule has 3 heterocycles. The molecule has 87 heavy (non-hydrogen) atoms. The highest BCUT2D eigenvalue weighted by atomic mass is 31.1. The summed E-state index contributed by atoms with van der Waals surface area (Å²) >= 11 is 0. The molecule has 10 nitrogen and oxygen atoms in total. The lowest BCUT2D eigenvalue weighted by Gasteiger charge is -2.27. The van der Waals surface area contributed by atoms with E-state index in [0.717, 1.165) is 76.9 Å². The van der Waals surface area contributed by atoms with Gasteiger partial charge in [0.15, 0.2) is 0 Å². The van der Waals surface area contributed by atoms with Gasteiger partial charge >= 0.3 is 24.7 Å². The quantitative estimate of drug-likeness (QED) is 0.117. The van der Waals surface area contributed by atoms with Gasteiger partial charge in [-0.25, -0.2) is 0 Å². The van der Waals surface area contributed by atoms with Gasteiger partial charge in [-0.2, -0.15) is 0 Å². The number of fused-ring (bicyclic) bond motifs is 9. The van der Waals surface area contributed by atoms with Gasteiger partial charge in [0.25, 0.3) is 0 Å². The Morgan fingerprint density at radius 1 is 0.276 bits per heavy atom. The van der Waals surface area contributed by atoms with Gasteiger partial charge in [-0.15, -0.1) is 0 Å². The fraction of sp³-hybridized carbons (Fsp3) is 0.514. The maximum atomic E-state index is 7.19. The smallest absolute Gasteiger partial charge is 0.387 e. The third-order valence-electron chi connectivity index (χ3n) is 16.6. The summed E-state index contributed by atoms with van der Waals surface area (Å²) in [4.78, 5) is 2.28. The molecular weight excluding hydrogens is 1140 g/mol. The second-order valence-electron chi connectivity index (χ2n) is 32.2. The monoisotopic (exact) mass is 1240 g/mol. The Bertz CT molecular complexity index is 3720. The van der Waals surface area contributed by atoms with Gasteiger partial charge in [-0.05, 0) is 137 Å². The van der Waals surface area contributed by atoms with E-state index in [1.807, 2.05) is 0 Å². The van der Waals surface area contributed by atoms with E-state index >= 15 is 0 Å². The Morgan fingerprint density at radius 2 is 0.506 bits per heavy atom. The second-order valence-corrected chi connectivity index (χ2v) is 35.4. The van der Waals surface area contributed by atoms with Crippen LogP contribution in [0.25, 0.3) is 65.8 Å². The molecule has 0 radical (unpaired) electrons. The molecule has 0 saturated carbocycles. The van der Waals surface area contributed by atoms with Gasteiger partial charge in [-0.3, -0.25) is 18.5 Å². The van der Waals surface area contributed by atoms with E-state index in [1.54, 1.807) is 0 Å². The van der Waals surface area contributed by atoms with Crippen molar-refractivity contribution in [3.8, 4) is 0 Å². The minimum atomic E-state index is -1.96. The normalized spacial score (nSPS) is 13.6. The Kier molecular flexibility index (Phi) is 18.5. The minimum Gasteiger partial charge on any atom is -0.399 e. The van der Waals surface area contributed by atoms with Crippen LogP contribution >= 0.6 is 24.7 Å². The van der Waals surface area contributed by atoms with Gasteiger partial charge in [0.2, 0.25) is 0 Å². The minimum absolute atomic E-state index is 0.0688.